The number of nitrogens with zero attached hydrogens (tertiary/aromatic N) is 1. The lowest BCUT2D eigenvalue weighted by Crippen LogP contribution is -2.25. The molecule has 0 bridgehead atoms. The molecule has 1 aromatic carbocycles. The van der Waals surface area contributed by atoms with Crippen molar-refractivity contribution in [1.82, 2.24) is 0 Å². The third-order valence-corrected chi connectivity index (χ3v) is 3.43. The zero-order chi connectivity index (χ0) is 14.6. The van der Waals surface area contributed by atoms with Gasteiger partial charge in [-0.25, -0.2) is 13.6 Å². The molecule has 1 amide bonds. The fourth-order valence-electron chi connectivity index (χ4n) is 1.48. The monoisotopic (exact) mass is 281 g/mol. The Balaban J connectivity index is 2.96. The molecule has 6 nitrogen and oxygen atoms in total. The Hall–Kier alpha value is -1.91. The van der Waals surface area contributed by atoms with Crippen LogP contribution in [0.15, 0.2) is 29.2 Å². The molecule has 0 radical (unpaired) electrons. The highest BCUT2D eigenvalue weighted by molar-refractivity contribution is 7.89. The van der Waals surface area contributed by atoms with Gasteiger partial charge in [-0.3, -0.25) is 4.79 Å². The highest BCUT2D eigenvalue weighted by atomic mass is 32.2. The normalized spacial score (nSPS) is 12.8. The number of carbonyl (C=O) groups excluding carboxylic acids is 1. The first-order valence-electron chi connectivity index (χ1n) is 5.59. The van der Waals surface area contributed by atoms with E-state index >= 15 is 0 Å². The third kappa shape index (κ3) is 4.05. The number of benzene rings is 1. The number of amides is 1. The van der Waals surface area contributed by atoms with E-state index in [1.54, 1.807) is 13.8 Å². The van der Waals surface area contributed by atoms with Crippen molar-refractivity contribution in [3.05, 3.63) is 24.3 Å². The summed E-state index contributed by atoms with van der Waals surface area (Å²) in [5, 5.41) is 16.4. The van der Waals surface area contributed by atoms with Crippen molar-refractivity contribution in [1.29, 1.82) is 5.26 Å². The summed E-state index contributed by atoms with van der Waals surface area (Å²) >= 11 is 0. The molecule has 0 aliphatic carbocycles. The number of nitriles is 1. The number of nitrogens with one attached hydrogen (secondary N) is 1. The predicted molar refractivity (Wildman–Crippen MR) is 70.4 cm³/mol. The van der Waals surface area contributed by atoms with Crippen LogP contribution >= 0.6 is 0 Å². The van der Waals surface area contributed by atoms with Gasteiger partial charge < -0.3 is 5.32 Å². The molecule has 0 fully saturated rings. The van der Waals surface area contributed by atoms with Crippen LogP contribution in [0.3, 0.4) is 0 Å². The van der Waals surface area contributed by atoms with Crippen molar-refractivity contribution >= 4 is 21.6 Å². The Bertz CT molecular complexity index is 617. The quantitative estimate of drug-likeness (QED) is 0.859. The number of sulfonamides is 1. The molecule has 0 heterocycles. The summed E-state index contributed by atoms with van der Waals surface area (Å²) in [5.74, 6) is -1.39. The molecule has 102 valence electrons. The first-order valence-corrected chi connectivity index (χ1v) is 7.13. The number of hydrogen-bond donors (Lipinski definition) is 2. The molecular weight excluding hydrogens is 266 g/mol. The van der Waals surface area contributed by atoms with E-state index in [0.29, 0.717) is 0 Å². The molecule has 0 spiro atoms. The van der Waals surface area contributed by atoms with Gasteiger partial charge in [0.05, 0.1) is 11.0 Å². The summed E-state index contributed by atoms with van der Waals surface area (Å²) in [5.41, 5.74) is 0.289. The number of hydrogen-bond acceptors (Lipinski definition) is 4. The minimum atomic E-state index is -3.82. The molecule has 0 saturated heterocycles. The lowest BCUT2D eigenvalue weighted by atomic mass is 9.96. The second-order valence-electron chi connectivity index (χ2n) is 4.41. The van der Waals surface area contributed by atoms with Gasteiger partial charge in [-0.15, -0.1) is 0 Å². The second kappa shape index (κ2) is 5.82. The predicted octanol–water partition coefficient (Wildman–Crippen LogP) is 1.07. The lowest BCUT2D eigenvalue weighted by molar-refractivity contribution is -0.119. The van der Waals surface area contributed by atoms with Crippen LogP contribution in [0, 0.1) is 23.2 Å². The SMILES string of the molecule is CC(C)C(C#N)C(=O)Nc1cccc(S(N)(=O)=O)c1. The van der Waals surface area contributed by atoms with Gasteiger partial charge in [0.1, 0.15) is 5.92 Å². The Kier molecular flexibility index (Phi) is 4.64. The van der Waals surface area contributed by atoms with E-state index < -0.39 is 21.8 Å². The van der Waals surface area contributed by atoms with Gasteiger partial charge in [0.25, 0.3) is 0 Å². The van der Waals surface area contributed by atoms with Gasteiger partial charge in [0.2, 0.25) is 15.9 Å². The molecule has 0 saturated carbocycles. The summed E-state index contributed by atoms with van der Waals surface area (Å²) in [6.07, 6.45) is 0. The van der Waals surface area contributed by atoms with Gasteiger partial charge in [-0.05, 0) is 24.1 Å². The fourth-order valence-corrected chi connectivity index (χ4v) is 2.04. The molecule has 0 aromatic heterocycles. The van der Waals surface area contributed by atoms with Crippen molar-refractivity contribution in [3.63, 3.8) is 0 Å². The summed E-state index contributed by atoms with van der Waals surface area (Å²) in [7, 11) is -3.82. The summed E-state index contributed by atoms with van der Waals surface area (Å²) in [6, 6.07) is 7.49. The van der Waals surface area contributed by atoms with E-state index in [4.69, 9.17) is 10.4 Å². The van der Waals surface area contributed by atoms with Crippen LogP contribution in [0.4, 0.5) is 5.69 Å². The van der Waals surface area contributed by atoms with E-state index in [9.17, 15) is 13.2 Å². The molecule has 1 unspecified atom stereocenters. The van der Waals surface area contributed by atoms with Crippen molar-refractivity contribution in [2.75, 3.05) is 5.32 Å². The van der Waals surface area contributed by atoms with Crippen LogP contribution < -0.4 is 10.5 Å². The van der Waals surface area contributed by atoms with Gasteiger partial charge in [0, 0.05) is 5.69 Å². The van der Waals surface area contributed by atoms with Crippen molar-refractivity contribution in [3.8, 4) is 6.07 Å². The van der Waals surface area contributed by atoms with Gasteiger partial charge in [-0.1, -0.05) is 19.9 Å². The number of anilines is 1. The third-order valence-electron chi connectivity index (χ3n) is 2.52. The number of carbonyl (C=O) groups is 1. The van der Waals surface area contributed by atoms with Crippen LogP contribution in [0.25, 0.3) is 0 Å². The number of nitrogens with two attached hydrogens (primary N) is 1. The van der Waals surface area contributed by atoms with Crippen molar-refractivity contribution < 1.29 is 13.2 Å². The van der Waals surface area contributed by atoms with E-state index in [2.05, 4.69) is 5.32 Å². The van der Waals surface area contributed by atoms with Crippen LogP contribution in [0.5, 0.6) is 0 Å². The summed E-state index contributed by atoms with van der Waals surface area (Å²) < 4.78 is 22.4. The van der Waals surface area contributed by atoms with Crippen LogP contribution in [-0.4, -0.2) is 14.3 Å². The topological polar surface area (TPSA) is 113 Å². The van der Waals surface area contributed by atoms with Crippen molar-refractivity contribution in [2.45, 2.75) is 18.7 Å². The maximum absolute atomic E-state index is 11.8. The van der Waals surface area contributed by atoms with E-state index in [0.717, 1.165) is 0 Å². The van der Waals surface area contributed by atoms with E-state index in [1.807, 2.05) is 6.07 Å². The minimum Gasteiger partial charge on any atom is -0.325 e. The maximum atomic E-state index is 11.8. The molecule has 19 heavy (non-hydrogen) atoms. The maximum Gasteiger partial charge on any atom is 0.241 e. The highest BCUT2D eigenvalue weighted by Gasteiger charge is 2.21. The van der Waals surface area contributed by atoms with Crippen LogP contribution in [0.1, 0.15) is 13.8 Å². The molecule has 0 aliphatic rings. The molecular formula is C12H15N3O3S. The largest absolute Gasteiger partial charge is 0.325 e. The second-order valence-corrected chi connectivity index (χ2v) is 5.97. The average Bonchev–Trinajstić information content (AvgIpc) is 2.28. The zero-order valence-corrected chi connectivity index (χ0v) is 11.4. The average molecular weight is 281 g/mol. The minimum absolute atomic E-state index is 0.0941. The molecule has 1 aromatic rings. The van der Waals surface area contributed by atoms with E-state index in [1.165, 1.54) is 24.3 Å². The highest BCUT2D eigenvalue weighted by Crippen LogP contribution is 2.17. The molecule has 3 N–H and O–H groups in total. The van der Waals surface area contributed by atoms with Crippen molar-refractivity contribution in [2.24, 2.45) is 17.0 Å². The Morgan fingerprint density at radius 2 is 2.05 bits per heavy atom. The molecule has 1 rings (SSSR count). The molecule has 1 atom stereocenters. The lowest BCUT2D eigenvalue weighted by Gasteiger charge is -2.13. The fraction of sp³-hybridized carbons (Fsp3) is 0.333. The van der Waals surface area contributed by atoms with Gasteiger partial charge >= 0.3 is 0 Å². The van der Waals surface area contributed by atoms with Gasteiger partial charge in [0.15, 0.2) is 0 Å². The zero-order valence-electron chi connectivity index (χ0n) is 10.6. The van der Waals surface area contributed by atoms with Crippen LogP contribution in [-0.2, 0) is 14.8 Å². The smallest absolute Gasteiger partial charge is 0.241 e. The number of primary sulfonamides is 1. The van der Waals surface area contributed by atoms with Gasteiger partial charge in [-0.2, -0.15) is 5.26 Å². The Morgan fingerprint density at radius 3 is 2.53 bits per heavy atom. The Morgan fingerprint density at radius 1 is 1.42 bits per heavy atom. The molecule has 0 aliphatic heterocycles. The Labute approximate surface area is 112 Å². The van der Waals surface area contributed by atoms with E-state index in [-0.39, 0.29) is 16.5 Å². The standard InChI is InChI=1S/C12H15N3O3S/c1-8(2)11(7-13)12(16)15-9-4-3-5-10(6-9)19(14,17)18/h3-6,8,11H,1-2H3,(H,15,16)(H2,14,17,18). The summed E-state index contributed by atoms with van der Waals surface area (Å²) in [6.45, 7) is 3.52. The number of rotatable bonds is 4. The van der Waals surface area contributed by atoms with Crippen LogP contribution in [0.2, 0.25) is 0 Å². The first kappa shape index (κ1) is 15.1. The molecule has 7 heteroatoms. The first-order chi connectivity index (χ1) is 8.75. The summed E-state index contributed by atoms with van der Waals surface area (Å²) in [4.78, 5) is 11.7.